The van der Waals surface area contributed by atoms with Crippen LogP contribution in [0.4, 0.5) is 10.1 Å². The fourth-order valence-electron chi connectivity index (χ4n) is 1.30. The number of nitrogen functional groups attached to an aromatic ring is 1. The summed E-state index contributed by atoms with van der Waals surface area (Å²) >= 11 is 1.35. The highest BCUT2D eigenvalue weighted by molar-refractivity contribution is 7.99. The molecule has 0 fully saturated rings. The molecule has 94 valence electrons. The van der Waals surface area contributed by atoms with E-state index in [9.17, 15) is 9.18 Å². The molecule has 0 unspecified atom stereocenters. The first-order chi connectivity index (χ1) is 7.95. The number of rotatable bonds is 4. The van der Waals surface area contributed by atoms with Crippen molar-refractivity contribution >= 4 is 23.4 Å². The normalized spacial score (nSPS) is 10.6. The molecule has 0 spiro atoms. The average Bonchev–Trinajstić information content (AvgIpc) is 2.21. The van der Waals surface area contributed by atoms with Crippen LogP contribution in [0.5, 0.6) is 0 Å². The molecule has 1 aromatic rings. The Morgan fingerprint density at radius 3 is 2.71 bits per heavy atom. The Hall–Kier alpha value is -1.23. The van der Waals surface area contributed by atoms with Crippen LogP contribution >= 0.6 is 11.8 Å². The Labute approximate surface area is 105 Å². The van der Waals surface area contributed by atoms with E-state index in [1.54, 1.807) is 6.92 Å². The van der Waals surface area contributed by atoms with Gasteiger partial charge in [0.25, 0.3) is 0 Å². The molecule has 5 heteroatoms. The number of halogens is 1. The second-order valence-corrected chi connectivity index (χ2v) is 5.38. The van der Waals surface area contributed by atoms with Crippen molar-refractivity contribution in [3.8, 4) is 0 Å². The summed E-state index contributed by atoms with van der Waals surface area (Å²) in [6.07, 6.45) is 0. The van der Waals surface area contributed by atoms with Crippen molar-refractivity contribution in [2.24, 2.45) is 0 Å². The van der Waals surface area contributed by atoms with Crippen LogP contribution in [0, 0.1) is 5.82 Å². The molecule has 1 aromatic carbocycles. The van der Waals surface area contributed by atoms with Gasteiger partial charge in [-0.05, 0) is 19.1 Å². The van der Waals surface area contributed by atoms with Gasteiger partial charge in [-0.1, -0.05) is 13.8 Å². The maximum absolute atomic E-state index is 13.6. The summed E-state index contributed by atoms with van der Waals surface area (Å²) in [4.78, 5) is 12.0. The van der Waals surface area contributed by atoms with Crippen LogP contribution in [0.15, 0.2) is 17.0 Å². The molecule has 0 aromatic heterocycles. The maximum atomic E-state index is 13.6. The number of hydrogen-bond acceptors (Lipinski definition) is 4. The number of thioether (sulfide) groups is 1. The molecule has 0 radical (unpaired) electrons. The summed E-state index contributed by atoms with van der Waals surface area (Å²) in [7, 11) is 0. The molecule has 0 atom stereocenters. The molecular weight excluding hydrogens is 241 g/mol. The van der Waals surface area contributed by atoms with E-state index in [2.05, 4.69) is 0 Å². The van der Waals surface area contributed by atoms with Crippen molar-refractivity contribution in [1.82, 2.24) is 0 Å². The summed E-state index contributed by atoms with van der Waals surface area (Å²) in [6, 6.07) is 2.62. The van der Waals surface area contributed by atoms with Gasteiger partial charge in [0.15, 0.2) is 0 Å². The quantitative estimate of drug-likeness (QED) is 0.511. The minimum atomic E-state index is -0.518. The molecule has 3 nitrogen and oxygen atoms in total. The molecule has 0 saturated carbocycles. The van der Waals surface area contributed by atoms with E-state index >= 15 is 0 Å². The van der Waals surface area contributed by atoms with Crippen molar-refractivity contribution in [1.29, 1.82) is 0 Å². The molecule has 0 aliphatic carbocycles. The van der Waals surface area contributed by atoms with Crippen LogP contribution in [-0.2, 0) is 4.74 Å². The topological polar surface area (TPSA) is 52.3 Å². The first-order valence-electron chi connectivity index (χ1n) is 5.38. The molecule has 0 heterocycles. The largest absolute Gasteiger partial charge is 0.462 e. The number of nitrogens with two attached hydrogens (primary N) is 1. The molecule has 0 bridgehead atoms. The Morgan fingerprint density at radius 1 is 1.53 bits per heavy atom. The van der Waals surface area contributed by atoms with Crippen LogP contribution in [0.3, 0.4) is 0 Å². The van der Waals surface area contributed by atoms with E-state index in [0.29, 0.717) is 4.90 Å². The van der Waals surface area contributed by atoms with Crippen LogP contribution < -0.4 is 5.73 Å². The van der Waals surface area contributed by atoms with Crippen LogP contribution in [0.25, 0.3) is 0 Å². The van der Waals surface area contributed by atoms with Gasteiger partial charge in [0, 0.05) is 15.8 Å². The SMILES string of the molecule is CCOC(=O)c1cc(SC(C)C)c(F)cc1N. The fraction of sp³-hybridized carbons (Fsp3) is 0.417. The molecule has 0 aliphatic heterocycles. The Bertz CT molecular complexity index is 421. The number of benzene rings is 1. The third-order valence-electron chi connectivity index (χ3n) is 1.96. The first-order valence-corrected chi connectivity index (χ1v) is 6.26. The molecule has 2 N–H and O–H groups in total. The first kappa shape index (κ1) is 13.8. The van der Waals surface area contributed by atoms with Crippen molar-refractivity contribution in [2.45, 2.75) is 30.9 Å². The van der Waals surface area contributed by atoms with Gasteiger partial charge in [0.1, 0.15) is 5.82 Å². The standard InChI is InChI=1S/C12H16FNO2S/c1-4-16-12(15)8-5-11(17-7(2)3)9(13)6-10(8)14/h5-7H,4,14H2,1-3H3. The van der Waals surface area contributed by atoms with Crippen molar-refractivity contribution < 1.29 is 13.9 Å². The third kappa shape index (κ3) is 3.63. The predicted molar refractivity (Wildman–Crippen MR) is 67.8 cm³/mol. The lowest BCUT2D eigenvalue weighted by Crippen LogP contribution is -2.09. The Balaban J connectivity index is 3.09. The van der Waals surface area contributed by atoms with Crippen LogP contribution in [-0.4, -0.2) is 17.8 Å². The number of carbonyl (C=O) groups excluding carboxylic acids is 1. The van der Waals surface area contributed by atoms with Gasteiger partial charge in [-0.2, -0.15) is 0 Å². The van der Waals surface area contributed by atoms with Crippen LogP contribution in [0.2, 0.25) is 0 Å². The Morgan fingerprint density at radius 2 is 2.18 bits per heavy atom. The minimum absolute atomic E-state index is 0.106. The third-order valence-corrected chi connectivity index (χ3v) is 3.00. The minimum Gasteiger partial charge on any atom is -0.462 e. The van der Waals surface area contributed by atoms with E-state index in [1.807, 2.05) is 13.8 Å². The highest BCUT2D eigenvalue weighted by atomic mass is 32.2. The summed E-state index contributed by atoms with van der Waals surface area (Å²) in [5, 5.41) is 0.225. The lowest BCUT2D eigenvalue weighted by atomic mass is 10.2. The molecular formula is C12H16FNO2S. The van der Waals surface area contributed by atoms with Gasteiger partial charge < -0.3 is 10.5 Å². The van der Waals surface area contributed by atoms with Crippen LogP contribution in [0.1, 0.15) is 31.1 Å². The molecule has 0 aliphatic rings. The number of carbonyl (C=O) groups is 1. The lowest BCUT2D eigenvalue weighted by Gasteiger charge is -2.10. The second kappa shape index (κ2) is 5.91. The number of hydrogen-bond donors (Lipinski definition) is 1. The fourth-order valence-corrected chi connectivity index (χ4v) is 2.16. The predicted octanol–water partition coefficient (Wildman–Crippen LogP) is 3.09. The van der Waals surface area contributed by atoms with Crippen molar-refractivity contribution in [3.63, 3.8) is 0 Å². The molecule has 1 rings (SSSR count). The highest BCUT2D eigenvalue weighted by Crippen LogP contribution is 2.29. The zero-order valence-corrected chi connectivity index (χ0v) is 10.9. The van der Waals surface area contributed by atoms with E-state index in [4.69, 9.17) is 10.5 Å². The highest BCUT2D eigenvalue weighted by Gasteiger charge is 2.16. The zero-order chi connectivity index (χ0) is 13.0. The molecule has 0 amide bonds. The average molecular weight is 257 g/mol. The van der Waals surface area contributed by atoms with E-state index in [0.717, 1.165) is 6.07 Å². The zero-order valence-electron chi connectivity index (χ0n) is 10.1. The molecule has 0 saturated heterocycles. The number of esters is 1. The lowest BCUT2D eigenvalue weighted by molar-refractivity contribution is 0.0527. The summed E-state index contributed by atoms with van der Waals surface area (Å²) in [5.74, 6) is -0.926. The van der Waals surface area contributed by atoms with Gasteiger partial charge in [0.2, 0.25) is 0 Å². The van der Waals surface area contributed by atoms with Gasteiger partial charge >= 0.3 is 5.97 Å². The maximum Gasteiger partial charge on any atom is 0.340 e. The Kier molecular flexibility index (Phi) is 4.81. The van der Waals surface area contributed by atoms with E-state index < -0.39 is 11.8 Å². The summed E-state index contributed by atoms with van der Waals surface area (Å²) in [6.45, 7) is 5.87. The van der Waals surface area contributed by atoms with Crippen molar-refractivity contribution in [2.75, 3.05) is 12.3 Å². The second-order valence-electron chi connectivity index (χ2n) is 3.76. The molecule has 17 heavy (non-hydrogen) atoms. The van der Waals surface area contributed by atoms with Gasteiger partial charge in [-0.15, -0.1) is 11.8 Å². The smallest absolute Gasteiger partial charge is 0.340 e. The summed E-state index contributed by atoms with van der Waals surface area (Å²) < 4.78 is 18.4. The van der Waals surface area contributed by atoms with Gasteiger partial charge in [0.05, 0.1) is 12.2 Å². The summed E-state index contributed by atoms with van der Waals surface area (Å²) in [5.41, 5.74) is 5.93. The van der Waals surface area contributed by atoms with Gasteiger partial charge in [-0.3, -0.25) is 0 Å². The van der Waals surface area contributed by atoms with E-state index in [1.165, 1.54) is 17.8 Å². The van der Waals surface area contributed by atoms with Gasteiger partial charge in [-0.25, -0.2) is 9.18 Å². The van der Waals surface area contributed by atoms with E-state index in [-0.39, 0.29) is 23.1 Å². The number of ether oxygens (including phenoxy) is 1. The van der Waals surface area contributed by atoms with Crippen molar-refractivity contribution in [3.05, 3.63) is 23.5 Å². The monoisotopic (exact) mass is 257 g/mol. The number of anilines is 1.